The van der Waals surface area contributed by atoms with Crippen LogP contribution in [0.1, 0.15) is 17.3 Å². The van der Waals surface area contributed by atoms with E-state index >= 15 is 0 Å². The molecule has 104 valence electrons. The number of esters is 1. The fourth-order valence-electron chi connectivity index (χ4n) is 1.57. The molecular weight excluding hydrogens is 327 g/mol. The second-order valence-electron chi connectivity index (χ2n) is 3.92. The Morgan fingerprint density at radius 3 is 2.45 bits per heavy atom. The molecule has 0 aliphatic rings. The number of carbonyl (C=O) groups excluding carboxylic acids is 1. The highest BCUT2D eigenvalue weighted by molar-refractivity contribution is 9.10. The number of hydrogen-bond donors (Lipinski definition) is 0. The second-order valence-corrected chi connectivity index (χ2v) is 4.83. The first-order valence-corrected chi connectivity index (χ1v) is 6.79. The van der Waals surface area contributed by atoms with Crippen molar-refractivity contribution in [2.45, 2.75) is 6.92 Å². The van der Waals surface area contributed by atoms with Gasteiger partial charge in [0.15, 0.2) is 0 Å². The molecule has 0 amide bonds. The van der Waals surface area contributed by atoms with Crippen LogP contribution in [0.5, 0.6) is 11.5 Å². The van der Waals surface area contributed by atoms with Crippen LogP contribution in [-0.4, -0.2) is 12.6 Å². The van der Waals surface area contributed by atoms with Crippen molar-refractivity contribution in [3.8, 4) is 11.5 Å². The first-order valence-electron chi connectivity index (χ1n) is 6.00. The van der Waals surface area contributed by atoms with Gasteiger partial charge in [-0.1, -0.05) is 15.9 Å². The van der Waals surface area contributed by atoms with E-state index in [0.717, 1.165) is 4.47 Å². The summed E-state index contributed by atoms with van der Waals surface area (Å²) in [6.45, 7) is 1.86. The van der Waals surface area contributed by atoms with Gasteiger partial charge in [0.2, 0.25) is 0 Å². The maximum Gasteiger partial charge on any atom is 0.341 e. The molecule has 20 heavy (non-hydrogen) atoms. The summed E-state index contributed by atoms with van der Waals surface area (Å²) in [5.41, 5.74) is -0.138. The zero-order chi connectivity index (χ0) is 14.5. The van der Waals surface area contributed by atoms with Crippen molar-refractivity contribution >= 4 is 21.9 Å². The largest absolute Gasteiger partial charge is 0.462 e. The van der Waals surface area contributed by atoms with Gasteiger partial charge in [-0.25, -0.2) is 9.18 Å². The molecule has 0 fully saturated rings. The lowest BCUT2D eigenvalue weighted by Crippen LogP contribution is -2.07. The summed E-state index contributed by atoms with van der Waals surface area (Å²) in [7, 11) is 0. The van der Waals surface area contributed by atoms with Crippen molar-refractivity contribution in [1.82, 2.24) is 0 Å². The normalized spacial score (nSPS) is 10.2. The van der Waals surface area contributed by atoms with Crippen molar-refractivity contribution < 1.29 is 18.7 Å². The van der Waals surface area contributed by atoms with Gasteiger partial charge in [-0.3, -0.25) is 0 Å². The Hall–Kier alpha value is -1.88. The molecule has 0 aliphatic heterocycles. The molecule has 2 aromatic carbocycles. The van der Waals surface area contributed by atoms with Crippen LogP contribution in [0.2, 0.25) is 0 Å². The number of ether oxygens (including phenoxy) is 2. The molecule has 0 N–H and O–H groups in total. The van der Waals surface area contributed by atoms with Crippen molar-refractivity contribution in [3.05, 3.63) is 58.3 Å². The lowest BCUT2D eigenvalue weighted by molar-refractivity contribution is 0.0520. The van der Waals surface area contributed by atoms with E-state index in [2.05, 4.69) is 15.9 Å². The SMILES string of the molecule is CCOC(=O)c1cc(Oc2ccc(Br)cc2)ccc1F. The number of rotatable bonds is 4. The predicted octanol–water partition coefficient (Wildman–Crippen LogP) is 4.56. The highest BCUT2D eigenvalue weighted by atomic mass is 79.9. The van der Waals surface area contributed by atoms with Gasteiger partial charge in [0.05, 0.1) is 12.2 Å². The summed E-state index contributed by atoms with van der Waals surface area (Å²) in [5.74, 6) is -0.371. The highest BCUT2D eigenvalue weighted by Gasteiger charge is 2.14. The molecule has 0 atom stereocenters. The zero-order valence-corrected chi connectivity index (χ0v) is 12.3. The standard InChI is InChI=1S/C15H12BrFO3/c1-2-19-15(18)13-9-12(7-8-14(13)17)20-11-5-3-10(16)4-6-11/h3-9H,2H2,1H3. The van der Waals surface area contributed by atoms with E-state index in [1.165, 1.54) is 18.2 Å². The number of benzene rings is 2. The molecule has 0 bridgehead atoms. The van der Waals surface area contributed by atoms with Crippen LogP contribution >= 0.6 is 15.9 Å². The van der Waals surface area contributed by atoms with E-state index in [1.807, 2.05) is 12.1 Å². The number of halogens is 2. The maximum absolute atomic E-state index is 13.6. The van der Waals surface area contributed by atoms with Gasteiger partial charge in [0.25, 0.3) is 0 Å². The van der Waals surface area contributed by atoms with Gasteiger partial charge < -0.3 is 9.47 Å². The van der Waals surface area contributed by atoms with E-state index in [1.54, 1.807) is 19.1 Å². The molecular formula is C15H12BrFO3. The molecule has 0 saturated carbocycles. The van der Waals surface area contributed by atoms with Gasteiger partial charge >= 0.3 is 5.97 Å². The average molecular weight is 339 g/mol. The van der Waals surface area contributed by atoms with Crippen molar-refractivity contribution in [2.75, 3.05) is 6.61 Å². The van der Waals surface area contributed by atoms with Crippen molar-refractivity contribution in [3.63, 3.8) is 0 Å². The van der Waals surface area contributed by atoms with Gasteiger partial charge in [-0.2, -0.15) is 0 Å². The summed E-state index contributed by atoms with van der Waals surface area (Å²) in [5, 5.41) is 0. The Bertz CT molecular complexity index is 611. The maximum atomic E-state index is 13.6. The van der Waals surface area contributed by atoms with Crippen LogP contribution in [0.3, 0.4) is 0 Å². The number of hydrogen-bond acceptors (Lipinski definition) is 3. The van der Waals surface area contributed by atoms with E-state index in [-0.39, 0.29) is 12.2 Å². The van der Waals surface area contributed by atoms with Crippen molar-refractivity contribution in [1.29, 1.82) is 0 Å². The van der Waals surface area contributed by atoms with Gasteiger partial charge in [-0.05, 0) is 49.4 Å². The van der Waals surface area contributed by atoms with E-state index in [4.69, 9.17) is 9.47 Å². The Morgan fingerprint density at radius 1 is 1.15 bits per heavy atom. The minimum Gasteiger partial charge on any atom is -0.462 e. The number of carbonyl (C=O) groups is 1. The molecule has 2 rings (SSSR count). The van der Waals surface area contributed by atoms with Crippen LogP contribution in [0.4, 0.5) is 4.39 Å². The first kappa shape index (κ1) is 14.5. The van der Waals surface area contributed by atoms with Crippen LogP contribution in [0, 0.1) is 5.82 Å². The summed E-state index contributed by atoms with van der Waals surface area (Å²) in [4.78, 5) is 11.6. The minimum absolute atomic E-state index is 0.138. The quantitative estimate of drug-likeness (QED) is 0.766. The first-order chi connectivity index (χ1) is 9.60. The lowest BCUT2D eigenvalue weighted by atomic mass is 10.2. The third-order valence-corrected chi connectivity index (χ3v) is 3.01. The Labute approximate surface area is 124 Å². The van der Waals surface area contributed by atoms with Gasteiger partial charge in [0.1, 0.15) is 17.3 Å². The molecule has 0 aliphatic carbocycles. The minimum atomic E-state index is -0.703. The molecule has 0 unspecified atom stereocenters. The summed E-state index contributed by atoms with van der Waals surface area (Å²) < 4.78 is 24.9. The predicted molar refractivity (Wildman–Crippen MR) is 76.6 cm³/mol. The van der Waals surface area contributed by atoms with E-state index in [9.17, 15) is 9.18 Å². The molecule has 0 heterocycles. The Morgan fingerprint density at radius 2 is 1.80 bits per heavy atom. The topological polar surface area (TPSA) is 35.5 Å². The summed E-state index contributed by atoms with van der Waals surface area (Å²) >= 11 is 3.32. The average Bonchev–Trinajstić information content (AvgIpc) is 2.43. The van der Waals surface area contributed by atoms with Gasteiger partial charge in [-0.15, -0.1) is 0 Å². The molecule has 0 spiro atoms. The van der Waals surface area contributed by atoms with Crippen LogP contribution in [-0.2, 0) is 4.74 Å². The molecule has 3 nitrogen and oxygen atoms in total. The molecule has 0 aromatic heterocycles. The van der Waals surface area contributed by atoms with Crippen molar-refractivity contribution in [2.24, 2.45) is 0 Å². The fraction of sp³-hybridized carbons (Fsp3) is 0.133. The zero-order valence-electron chi connectivity index (χ0n) is 10.7. The molecule has 2 aromatic rings. The van der Waals surface area contributed by atoms with E-state index in [0.29, 0.717) is 11.5 Å². The summed E-state index contributed by atoms with van der Waals surface area (Å²) in [6.07, 6.45) is 0. The summed E-state index contributed by atoms with van der Waals surface area (Å²) in [6, 6.07) is 11.1. The molecule has 0 radical (unpaired) electrons. The fourth-order valence-corrected chi connectivity index (χ4v) is 1.84. The van der Waals surface area contributed by atoms with Crippen LogP contribution in [0.15, 0.2) is 46.9 Å². The Kier molecular flexibility index (Phi) is 4.74. The monoisotopic (exact) mass is 338 g/mol. The highest BCUT2D eigenvalue weighted by Crippen LogP contribution is 2.25. The van der Waals surface area contributed by atoms with Crippen LogP contribution < -0.4 is 4.74 Å². The van der Waals surface area contributed by atoms with Crippen LogP contribution in [0.25, 0.3) is 0 Å². The molecule has 5 heteroatoms. The molecule has 0 saturated heterocycles. The second kappa shape index (κ2) is 6.52. The lowest BCUT2D eigenvalue weighted by Gasteiger charge is -2.08. The van der Waals surface area contributed by atoms with E-state index < -0.39 is 11.8 Å². The smallest absolute Gasteiger partial charge is 0.341 e. The third-order valence-electron chi connectivity index (χ3n) is 2.48. The van der Waals surface area contributed by atoms with Gasteiger partial charge in [0, 0.05) is 4.47 Å². The Balaban J connectivity index is 2.22. The third kappa shape index (κ3) is 3.57.